The maximum absolute atomic E-state index is 14.3. The van der Waals surface area contributed by atoms with Crippen molar-refractivity contribution in [1.82, 2.24) is 34.0 Å². The molecule has 1 aliphatic carbocycles. The van der Waals surface area contributed by atoms with Crippen molar-refractivity contribution in [3.8, 4) is 5.95 Å². The van der Waals surface area contributed by atoms with Crippen LogP contribution in [-0.2, 0) is 18.3 Å². The summed E-state index contributed by atoms with van der Waals surface area (Å²) in [5.41, 5.74) is 2.57. The van der Waals surface area contributed by atoms with Crippen LogP contribution in [0.25, 0.3) is 28.1 Å². The average molecular weight is 549 g/mol. The predicted octanol–water partition coefficient (Wildman–Crippen LogP) is 3.35. The molecular weight excluding hydrogens is 511 g/mol. The molecule has 3 fully saturated rings. The largest absolute Gasteiger partial charge is 0.390 e. The summed E-state index contributed by atoms with van der Waals surface area (Å²) in [6.07, 6.45) is 1.51. The molecule has 40 heavy (non-hydrogen) atoms. The van der Waals surface area contributed by atoms with E-state index in [4.69, 9.17) is 24.7 Å². The van der Waals surface area contributed by atoms with Crippen molar-refractivity contribution in [2.45, 2.75) is 57.3 Å². The van der Waals surface area contributed by atoms with Gasteiger partial charge in [0.25, 0.3) is 0 Å². The first-order chi connectivity index (χ1) is 19.3. The van der Waals surface area contributed by atoms with Gasteiger partial charge in [0.1, 0.15) is 17.8 Å². The molecule has 0 bridgehead atoms. The van der Waals surface area contributed by atoms with Gasteiger partial charge in [-0.05, 0) is 64.3 Å². The number of piperidine rings is 1. The number of para-hydroxylation sites is 2. The average Bonchev–Trinajstić information content (AvgIpc) is 3.43. The lowest BCUT2D eigenvalue weighted by atomic mass is 9.83. The lowest BCUT2D eigenvalue weighted by Crippen LogP contribution is -2.41. The van der Waals surface area contributed by atoms with Crippen molar-refractivity contribution in [2.24, 2.45) is 13.0 Å². The van der Waals surface area contributed by atoms with E-state index in [2.05, 4.69) is 14.4 Å². The number of alkyl halides is 1. The zero-order chi connectivity index (χ0) is 27.6. The zero-order valence-electron chi connectivity index (χ0n) is 23.4. The molecule has 2 saturated heterocycles. The van der Waals surface area contributed by atoms with Crippen LogP contribution in [0.3, 0.4) is 0 Å². The quantitative estimate of drug-likeness (QED) is 0.392. The second kappa shape index (κ2) is 9.74. The Morgan fingerprint density at radius 3 is 2.45 bits per heavy atom. The molecule has 0 amide bonds. The van der Waals surface area contributed by atoms with Crippen molar-refractivity contribution >= 4 is 28.0 Å². The van der Waals surface area contributed by atoms with E-state index in [0.29, 0.717) is 57.0 Å². The van der Waals surface area contributed by atoms with E-state index in [-0.39, 0.29) is 5.92 Å². The summed E-state index contributed by atoms with van der Waals surface area (Å²) in [5, 5.41) is 10.5. The van der Waals surface area contributed by atoms with Gasteiger partial charge in [-0.3, -0.25) is 9.47 Å². The SMILES string of the molecule is Cn1c(CN2CCC(C(C)(C)O)CC2)nc2c(N3CCOCC3)nc(-n3c(C4C[C@H]4F)nc4ccccc43)nc21. The number of ether oxygens (including phenoxy) is 1. The first-order valence-electron chi connectivity index (χ1n) is 14.4. The minimum atomic E-state index is -0.887. The Hall–Kier alpha value is -3.15. The summed E-state index contributed by atoms with van der Waals surface area (Å²) in [6.45, 7) is 9.05. The highest BCUT2D eigenvalue weighted by atomic mass is 19.1. The molecule has 1 aromatic carbocycles. The highest BCUT2D eigenvalue weighted by Gasteiger charge is 2.43. The van der Waals surface area contributed by atoms with Gasteiger partial charge in [-0.1, -0.05) is 12.1 Å². The van der Waals surface area contributed by atoms with Gasteiger partial charge in [0.2, 0.25) is 5.95 Å². The Labute approximate surface area is 232 Å². The number of rotatable bonds is 6. The standard InChI is InChI=1S/C29H37FN8O2/c1-29(2,39)18-8-10-36(11-9-18)17-23-32-24-26(35(23)3)33-28(34-27(24)37-12-14-40-15-13-37)38-22-7-5-4-6-21(22)31-25(38)19-16-20(19)30/h4-7,18-20,39H,8-17H2,1-3H3/t19?,20-/m1/s1. The number of anilines is 1. The van der Waals surface area contributed by atoms with Gasteiger partial charge in [-0.15, -0.1) is 0 Å². The highest BCUT2D eigenvalue weighted by Crippen LogP contribution is 2.44. The maximum atomic E-state index is 14.3. The van der Waals surface area contributed by atoms with Gasteiger partial charge >= 0.3 is 0 Å². The van der Waals surface area contributed by atoms with E-state index in [1.807, 2.05) is 49.7 Å². The zero-order valence-corrected chi connectivity index (χ0v) is 23.4. The van der Waals surface area contributed by atoms with E-state index < -0.39 is 11.8 Å². The summed E-state index contributed by atoms with van der Waals surface area (Å²) in [6, 6.07) is 7.87. The molecule has 10 nitrogen and oxygen atoms in total. The molecule has 212 valence electrons. The minimum Gasteiger partial charge on any atom is -0.390 e. The van der Waals surface area contributed by atoms with Crippen molar-refractivity contribution < 1.29 is 14.2 Å². The normalized spacial score (nSPS) is 23.0. The molecule has 3 aromatic heterocycles. The third-order valence-corrected chi connectivity index (χ3v) is 8.87. The lowest BCUT2D eigenvalue weighted by Gasteiger charge is -2.37. The Morgan fingerprint density at radius 1 is 1.02 bits per heavy atom. The molecule has 1 unspecified atom stereocenters. The molecule has 0 spiro atoms. The first kappa shape index (κ1) is 25.8. The van der Waals surface area contributed by atoms with Crippen LogP contribution in [0.1, 0.15) is 50.7 Å². The molecule has 0 radical (unpaired) electrons. The number of aliphatic hydroxyl groups is 1. The van der Waals surface area contributed by atoms with E-state index >= 15 is 0 Å². The number of morpholine rings is 1. The number of likely N-dealkylation sites (tertiary alicyclic amines) is 1. The number of imidazole rings is 2. The summed E-state index contributed by atoms with van der Waals surface area (Å²) in [5.74, 6) is 2.95. The van der Waals surface area contributed by atoms with Crippen molar-refractivity contribution in [3.63, 3.8) is 0 Å². The van der Waals surface area contributed by atoms with Gasteiger partial charge in [0.05, 0.1) is 42.3 Å². The topological polar surface area (TPSA) is 97.4 Å². The molecule has 2 atom stereocenters. The molecule has 11 heteroatoms. The maximum Gasteiger partial charge on any atom is 0.239 e. The monoisotopic (exact) mass is 548 g/mol. The Morgan fingerprint density at radius 2 is 1.75 bits per heavy atom. The van der Waals surface area contributed by atoms with Crippen molar-refractivity contribution in [2.75, 3.05) is 44.3 Å². The summed E-state index contributed by atoms with van der Waals surface area (Å²) < 4.78 is 24.0. The Bertz CT molecular complexity index is 1550. The third-order valence-electron chi connectivity index (χ3n) is 8.87. The molecule has 4 aromatic rings. The van der Waals surface area contributed by atoms with Gasteiger partial charge in [-0.25, -0.2) is 14.4 Å². The minimum absolute atomic E-state index is 0.243. The number of halogens is 1. The first-order valence-corrected chi connectivity index (χ1v) is 14.4. The van der Waals surface area contributed by atoms with E-state index in [1.165, 1.54) is 0 Å². The van der Waals surface area contributed by atoms with Crippen LogP contribution < -0.4 is 4.90 Å². The van der Waals surface area contributed by atoms with Gasteiger partial charge in [0.15, 0.2) is 17.0 Å². The summed E-state index contributed by atoms with van der Waals surface area (Å²) in [4.78, 5) is 24.7. The second-order valence-electron chi connectivity index (χ2n) is 12.1. The number of aromatic nitrogens is 6. The van der Waals surface area contributed by atoms with E-state index in [1.54, 1.807) is 0 Å². The van der Waals surface area contributed by atoms with E-state index in [9.17, 15) is 9.50 Å². The smallest absolute Gasteiger partial charge is 0.239 e. The fourth-order valence-electron chi connectivity index (χ4n) is 6.25. The van der Waals surface area contributed by atoms with Crippen molar-refractivity contribution in [3.05, 3.63) is 35.9 Å². The summed E-state index contributed by atoms with van der Waals surface area (Å²) >= 11 is 0. The Kier molecular flexibility index (Phi) is 6.28. The number of benzene rings is 1. The van der Waals surface area contributed by atoms with Crippen LogP contribution in [0.2, 0.25) is 0 Å². The van der Waals surface area contributed by atoms with Gasteiger partial charge < -0.3 is 19.3 Å². The van der Waals surface area contributed by atoms with Crippen LogP contribution in [0.5, 0.6) is 0 Å². The number of hydrogen-bond donors (Lipinski definition) is 1. The fraction of sp³-hybridized carbons (Fsp3) is 0.586. The number of nitrogens with zero attached hydrogens (tertiary/aromatic N) is 8. The molecule has 5 heterocycles. The van der Waals surface area contributed by atoms with Crippen molar-refractivity contribution in [1.29, 1.82) is 0 Å². The van der Waals surface area contributed by atoms with Crippen LogP contribution in [0.15, 0.2) is 24.3 Å². The van der Waals surface area contributed by atoms with Gasteiger partial charge in [0, 0.05) is 20.1 Å². The molecule has 1 saturated carbocycles. The fourth-order valence-corrected chi connectivity index (χ4v) is 6.25. The second-order valence-corrected chi connectivity index (χ2v) is 12.1. The van der Waals surface area contributed by atoms with Crippen LogP contribution in [0, 0.1) is 5.92 Å². The van der Waals surface area contributed by atoms with Gasteiger partial charge in [-0.2, -0.15) is 9.97 Å². The summed E-state index contributed by atoms with van der Waals surface area (Å²) in [7, 11) is 2.01. The molecular formula is C29H37FN8O2. The predicted molar refractivity (Wildman–Crippen MR) is 151 cm³/mol. The molecule has 2 aliphatic heterocycles. The number of aryl methyl sites for hydroxylation is 1. The van der Waals surface area contributed by atoms with Crippen LogP contribution in [-0.4, -0.2) is 90.2 Å². The number of hydrogen-bond acceptors (Lipinski definition) is 8. The van der Waals surface area contributed by atoms with Crippen LogP contribution >= 0.6 is 0 Å². The molecule has 3 aliphatic rings. The van der Waals surface area contributed by atoms with E-state index in [0.717, 1.165) is 59.8 Å². The van der Waals surface area contributed by atoms with Crippen LogP contribution in [0.4, 0.5) is 10.2 Å². The number of fused-ring (bicyclic) bond motifs is 2. The molecule has 7 rings (SSSR count). The Balaban J connectivity index is 1.31. The lowest BCUT2D eigenvalue weighted by molar-refractivity contribution is -0.0139. The third kappa shape index (κ3) is 4.53. The molecule has 1 N–H and O–H groups in total. The highest BCUT2D eigenvalue weighted by molar-refractivity contribution is 5.86.